The molecule has 58 heavy (non-hydrogen) atoms. The van der Waals surface area contributed by atoms with Gasteiger partial charge in [-0.05, 0) is 98.1 Å². The van der Waals surface area contributed by atoms with E-state index in [-0.39, 0.29) is 17.5 Å². The predicted molar refractivity (Wildman–Crippen MR) is 227 cm³/mol. The van der Waals surface area contributed by atoms with Crippen LogP contribution < -0.4 is 0 Å². The number of aryl methyl sites for hydroxylation is 3. The SMILES string of the molecule is C#Cc1cc(C(=O)OC)ccc1C.COC(=O)c1ccc(C)c(C#Cc2cnc3ccccc3c2)c1.Cc1ccc(C(=O)O)cc1C#Cc1cnc2ccccc2c1. The fraction of sp³-hybridized carbons (Fsp3) is 0.100. The van der Waals surface area contributed by atoms with Gasteiger partial charge < -0.3 is 14.6 Å². The molecule has 0 fully saturated rings. The number of para-hydroxylation sites is 2. The summed E-state index contributed by atoms with van der Waals surface area (Å²) in [4.78, 5) is 42.5. The van der Waals surface area contributed by atoms with E-state index in [9.17, 15) is 14.4 Å². The summed E-state index contributed by atoms with van der Waals surface area (Å²) in [6.07, 6.45) is 8.75. The van der Waals surface area contributed by atoms with Gasteiger partial charge in [0.05, 0.1) is 41.9 Å². The Kier molecular flexibility index (Phi) is 13.9. The molecule has 0 aliphatic rings. The topological polar surface area (TPSA) is 116 Å². The van der Waals surface area contributed by atoms with Gasteiger partial charge in [0.15, 0.2) is 0 Å². The summed E-state index contributed by atoms with van der Waals surface area (Å²) >= 11 is 0. The van der Waals surface area contributed by atoms with Crippen LogP contribution in [0.1, 0.15) is 75.6 Å². The number of hydrogen-bond acceptors (Lipinski definition) is 7. The number of carboxylic acids is 1. The molecule has 0 aliphatic heterocycles. The third-order valence-corrected chi connectivity index (χ3v) is 8.82. The molecule has 7 rings (SSSR count). The lowest BCUT2D eigenvalue weighted by atomic mass is 10.0. The Labute approximate surface area is 337 Å². The van der Waals surface area contributed by atoms with E-state index in [1.165, 1.54) is 14.2 Å². The van der Waals surface area contributed by atoms with Crippen LogP contribution in [-0.2, 0) is 9.47 Å². The van der Waals surface area contributed by atoms with Gasteiger partial charge in [0, 0.05) is 51.0 Å². The maximum absolute atomic E-state index is 11.6. The van der Waals surface area contributed by atoms with Crippen LogP contribution >= 0.6 is 0 Å². The molecule has 0 radical (unpaired) electrons. The van der Waals surface area contributed by atoms with E-state index in [0.717, 1.165) is 60.8 Å². The van der Waals surface area contributed by atoms with Crippen molar-refractivity contribution in [2.24, 2.45) is 0 Å². The molecule has 0 atom stereocenters. The Balaban J connectivity index is 0.000000173. The number of pyridine rings is 2. The van der Waals surface area contributed by atoms with E-state index < -0.39 is 5.97 Å². The smallest absolute Gasteiger partial charge is 0.337 e. The predicted octanol–water partition coefficient (Wildman–Crippen LogP) is 9.13. The molecular weight excluding hydrogens is 725 g/mol. The summed E-state index contributed by atoms with van der Waals surface area (Å²) in [6, 6.07) is 35.2. The number of methoxy groups -OCH3 is 2. The first kappa shape index (κ1) is 41.2. The molecule has 284 valence electrons. The number of nitrogens with zero attached hydrogens (tertiary/aromatic N) is 2. The average molecular weight is 763 g/mol. The van der Waals surface area contributed by atoms with Crippen molar-refractivity contribution in [3.05, 3.63) is 189 Å². The summed E-state index contributed by atoms with van der Waals surface area (Å²) < 4.78 is 9.31. The Bertz CT molecular complexity index is 2850. The lowest BCUT2D eigenvalue weighted by Crippen LogP contribution is -2.01. The maximum atomic E-state index is 11.6. The lowest BCUT2D eigenvalue weighted by molar-refractivity contribution is 0.0592. The monoisotopic (exact) mass is 762 g/mol. The van der Waals surface area contributed by atoms with Crippen molar-refractivity contribution >= 4 is 39.7 Å². The van der Waals surface area contributed by atoms with Crippen LogP contribution in [0.15, 0.2) is 128 Å². The normalized spacial score (nSPS) is 9.79. The molecule has 2 aromatic heterocycles. The van der Waals surface area contributed by atoms with Gasteiger partial charge in [-0.25, -0.2) is 14.4 Å². The third-order valence-electron chi connectivity index (χ3n) is 8.82. The number of rotatable bonds is 3. The Hall–Kier alpha value is -7.99. The zero-order valence-corrected chi connectivity index (χ0v) is 32.6. The molecule has 5 aromatic carbocycles. The quantitative estimate of drug-likeness (QED) is 0.140. The number of aromatic carboxylic acids is 1. The summed E-state index contributed by atoms with van der Waals surface area (Å²) in [5.74, 6) is 13.2. The van der Waals surface area contributed by atoms with E-state index in [0.29, 0.717) is 16.7 Å². The van der Waals surface area contributed by atoms with Crippen LogP contribution in [0.3, 0.4) is 0 Å². The average Bonchev–Trinajstić information content (AvgIpc) is 3.25. The number of carbonyl (C=O) groups excluding carboxylic acids is 2. The van der Waals surface area contributed by atoms with Gasteiger partial charge in [0.1, 0.15) is 0 Å². The largest absolute Gasteiger partial charge is 0.478 e. The molecule has 0 unspecified atom stereocenters. The van der Waals surface area contributed by atoms with E-state index in [4.69, 9.17) is 16.3 Å². The Morgan fingerprint density at radius 2 is 0.931 bits per heavy atom. The third kappa shape index (κ3) is 10.8. The van der Waals surface area contributed by atoms with Crippen molar-refractivity contribution in [3.63, 3.8) is 0 Å². The van der Waals surface area contributed by atoms with Gasteiger partial charge in [0.25, 0.3) is 0 Å². The van der Waals surface area contributed by atoms with Gasteiger partial charge in [-0.15, -0.1) is 6.42 Å². The second-order valence-electron chi connectivity index (χ2n) is 12.9. The second-order valence-corrected chi connectivity index (χ2v) is 12.9. The number of aromatic nitrogens is 2. The minimum atomic E-state index is -0.949. The molecule has 1 N–H and O–H groups in total. The van der Waals surface area contributed by atoms with Crippen molar-refractivity contribution < 1.29 is 29.0 Å². The number of esters is 2. The molecule has 0 saturated heterocycles. The van der Waals surface area contributed by atoms with Crippen LogP contribution in [0, 0.1) is 56.8 Å². The van der Waals surface area contributed by atoms with Crippen LogP contribution in [0.25, 0.3) is 21.8 Å². The summed E-state index contributed by atoms with van der Waals surface area (Å²) in [5, 5.41) is 11.1. The molecule has 8 heteroatoms. The zero-order chi connectivity index (χ0) is 41.6. The molecule has 8 nitrogen and oxygen atoms in total. The van der Waals surface area contributed by atoms with Gasteiger partial charge >= 0.3 is 17.9 Å². The summed E-state index contributed by atoms with van der Waals surface area (Å²) in [7, 11) is 2.71. The number of hydrogen-bond donors (Lipinski definition) is 1. The van der Waals surface area contributed by atoms with E-state index in [2.05, 4.69) is 44.3 Å². The number of fused-ring (bicyclic) bond motifs is 2. The molecule has 2 heterocycles. The van der Waals surface area contributed by atoms with Crippen molar-refractivity contribution in [2.45, 2.75) is 20.8 Å². The number of benzene rings is 5. The molecule has 0 amide bonds. The van der Waals surface area contributed by atoms with Crippen LogP contribution in [0.5, 0.6) is 0 Å². The minimum Gasteiger partial charge on any atom is -0.478 e. The van der Waals surface area contributed by atoms with E-state index in [1.807, 2.05) is 87.5 Å². The molecule has 0 bridgehead atoms. The van der Waals surface area contributed by atoms with Crippen LogP contribution in [-0.4, -0.2) is 47.2 Å². The highest BCUT2D eigenvalue weighted by Gasteiger charge is 2.08. The van der Waals surface area contributed by atoms with Gasteiger partial charge in [-0.3, -0.25) is 9.97 Å². The van der Waals surface area contributed by atoms with Gasteiger partial charge in [0.2, 0.25) is 0 Å². The molecule has 0 saturated carbocycles. The van der Waals surface area contributed by atoms with E-state index >= 15 is 0 Å². The number of terminal acetylenes is 1. The highest BCUT2D eigenvalue weighted by atomic mass is 16.5. The standard InChI is InChI=1S/C20H15NO2.C19H13NO2.C11H10O2/c1-14-7-9-18(20(22)23-2)12-16(14)10-8-15-11-17-5-3-4-6-19(17)21-13-15;1-13-6-8-17(19(21)22)11-15(13)9-7-14-10-16-4-2-3-5-18(16)20-12-14;1-4-9-7-10(11(12)13-3)6-5-8(9)2/h3-7,9,11-13H,1-2H3;2-6,8,10-12H,1H3,(H,21,22);1,5-7H,2-3H3. The molecule has 0 aliphatic carbocycles. The Morgan fingerprint density at radius 3 is 1.36 bits per heavy atom. The first-order valence-electron chi connectivity index (χ1n) is 17.9. The number of ether oxygens (including phenoxy) is 2. The fourth-order valence-electron chi connectivity index (χ4n) is 5.47. The van der Waals surface area contributed by atoms with Gasteiger partial charge in [-0.2, -0.15) is 0 Å². The summed E-state index contributed by atoms with van der Waals surface area (Å²) in [6.45, 7) is 5.77. The van der Waals surface area contributed by atoms with Crippen molar-refractivity contribution in [2.75, 3.05) is 14.2 Å². The highest BCUT2D eigenvalue weighted by Crippen LogP contribution is 2.16. The maximum Gasteiger partial charge on any atom is 0.337 e. The zero-order valence-electron chi connectivity index (χ0n) is 32.6. The molecular formula is C50H38N2O6. The van der Waals surface area contributed by atoms with E-state index in [1.54, 1.807) is 60.9 Å². The molecule has 0 spiro atoms. The van der Waals surface area contributed by atoms with Crippen molar-refractivity contribution in [1.82, 2.24) is 9.97 Å². The lowest BCUT2D eigenvalue weighted by Gasteiger charge is -2.02. The highest BCUT2D eigenvalue weighted by molar-refractivity contribution is 5.91. The Morgan fingerprint density at radius 1 is 0.534 bits per heavy atom. The second kappa shape index (κ2) is 19.6. The number of carboxylic acid groups (broad SMARTS) is 1. The van der Waals surface area contributed by atoms with Gasteiger partial charge in [-0.1, -0.05) is 84.2 Å². The molecule has 7 aromatic rings. The van der Waals surface area contributed by atoms with Crippen LogP contribution in [0.2, 0.25) is 0 Å². The first-order chi connectivity index (χ1) is 28.0. The van der Waals surface area contributed by atoms with Crippen molar-refractivity contribution in [3.8, 4) is 36.0 Å². The summed E-state index contributed by atoms with van der Waals surface area (Å²) in [5.41, 5.74) is 9.94. The number of carbonyl (C=O) groups is 3. The fourth-order valence-corrected chi connectivity index (χ4v) is 5.47. The first-order valence-corrected chi connectivity index (χ1v) is 17.9. The van der Waals surface area contributed by atoms with Crippen LogP contribution in [0.4, 0.5) is 0 Å². The van der Waals surface area contributed by atoms with Crippen molar-refractivity contribution in [1.29, 1.82) is 0 Å². The minimum absolute atomic E-state index is 0.242.